The van der Waals surface area contributed by atoms with Crippen molar-refractivity contribution in [1.29, 1.82) is 0 Å². The van der Waals surface area contributed by atoms with Crippen molar-refractivity contribution < 1.29 is 0 Å². The molecule has 0 N–H and O–H groups in total. The Labute approximate surface area is 110 Å². The van der Waals surface area contributed by atoms with Gasteiger partial charge >= 0.3 is 0 Å². The maximum atomic E-state index is 6.36. The van der Waals surface area contributed by atoms with Gasteiger partial charge < -0.3 is 0 Å². The molecule has 1 aliphatic carbocycles. The van der Waals surface area contributed by atoms with E-state index in [1.807, 2.05) is 0 Å². The molecule has 0 aliphatic heterocycles. The molecular weight excluding hydrogens is 228 g/mol. The minimum absolute atomic E-state index is 0.705. The summed E-state index contributed by atoms with van der Waals surface area (Å²) in [5, 5.41) is 0.974. The molecular formula is C16H23Cl. The van der Waals surface area contributed by atoms with Crippen molar-refractivity contribution in [2.24, 2.45) is 5.92 Å². The maximum Gasteiger partial charge on any atom is 0.0441 e. The van der Waals surface area contributed by atoms with Gasteiger partial charge in [0.2, 0.25) is 0 Å². The summed E-state index contributed by atoms with van der Waals surface area (Å²) < 4.78 is 0. The first-order chi connectivity index (χ1) is 8.24. The lowest BCUT2D eigenvalue weighted by atomic mass is 9.77. The van der Waals surface area contributed by atoms with E-state index in [4.69, 9.17) is 11.6 Å². The summed E-state index contributed by atoms with van der Waals surface area (Å²) in [5.74, 6) is 1.66. The average Bonchev–Trinajstić information content (AvgIpc) is 2.39. The first kappa shape index (κ1) is 13.0. The summed E-state index contributed by atoms with van der Waals surface area (Å²) in [5.41, 5.74) is 2.82. The predicted molar refractivity (Wildman–Crippen MR) is 75.8 cm³/mol. The molecule has 0 atom stereocenters. The van der Waals surface area contributed by atoms with Gasteiger partial charge in [-0.15, -0.1) is 0 Å². The van der Waals surface area contributed by atoms with Crippen LogP contribution in [0, 0.1) is 5.92 Å². The van der Waals surface area contributed by atoms with Crippen LogP contribution in [0.3, 0.4) is 0 Å². The Hall–Kier alpha value is -0.490. The van der Waals surface area contributed by atoms with E-state index in [1.165, 1.54) is 43.2 Å². The van der Waals surface area contributed by atoms with Crippen molar-refractivity contribution in [1.82, 2.24) is 0 Å². The lowest BCUT2D eigenvalue weighted by Crippen LogP contribution is -2.13. The van der Waals surface area contributed by atoms with Gasteiger partial charge in [0.15, 0.2) is 0 Å². The summed E-state index contributed by atoms with van der Waals surface area (Å²) in [6, 6.07) is 6.57. The van der Waals surface area contributed by atoms with Crippen molar-refractivity contribution in [3.05, 3.63) is 34.3 Å². The van der Waals surface area contributed by atoms with Crippen molar-refractivity contribution in [2.75, 3.05) is 0 Å². The number of benzene rings is 1. The Morgan fingerprint density at radius 3 is 2.41 bits per heavy atom. The maximum absolute atomic E-state index is 6.36. The van der Waals surface area contributed by atoms with E-state index >= 15 is 0 Å². The second kappa shape index (κ2) is 5.91. The predicted octanol–water partition coefficient (Wildman–Crippen LogP) is 5.59. The Balaban J connectivity index is 2.12. The highest BCUT2D eigenvalue weighted by molar-refractivity contribution is 6.31. The summed E-state index contributed by atoms with van der Waals surface area (Å²) in [4.78, 5) is 0. The second-order valence-electron chi connectivity index (χ2n) is 5.34. The molecule has 0 spiro atoms. The molecule has 0 saturated heterocycles. The zero-order chi connectivity index (χ0) is 12.3. The molecule has 1 saturated carbocycles. The summed E-state index contributed by atoms with van der Waals surface area (Å²) in [6.07, 6.45) is 7.86. The molecule has 0 aromatic heterocycles. The molecule has 1 aliphatic rings. The van der Waals surface area contributed by atoms with Gasteiger partial charge in [-0.05, 0) is 61.1 Å². The third-order valence-corrected chi connectivity index (χ3v) is 4.68. The third-order valence-electron chi connectivity index (χ3n) is 4.33. The molecule has 0 bridgehead atoms. The smallest absolute Gasteiger partial charge is 0.0441 e. The first-order valence-corrected chi connectivity index (χ1v) is 7.40. The monoisotopic (exact) mass is 250 g/mol. The van der Waals surface area contributed by atoms with Crippen molar-refractivity contribution in [3.63, 3.8) is 0 Å². The van der Waals surface area contributed by atoms with E-state index in [9.17, 15) is 0 Å². The van der Waals surface area contributed by atoms with Crippen LogP contribution in [0.1, 0.15) is 63.0 Å². The Morgan fingerprint density at radius 2 is 1.82 bits per heavy atom. The SMILES string of the molecule is CCc1ccc(Cl)c(C2CCC(CC)CC2)c1. The topological polar surface area (TPSA) is 0 Å². The third kappa shape index (κ3) is 3.04. The van der Waals surface area contributed by atoms with Crippen molar-refractivity contribution in [3.8, 4) is 0 Å². The zero-order valence-corrected chi connectivity index (χ0v) is 11.8. The molecule has 0 heterocycles. The van der Waals surface area contributed by atoms with Crippen LogP contribution in [0.4, 0.5) is 0 Å². The van der Waals surface area contributed by atoms with Crippen LogP contribution in [0.5, 0.6) is 0 Å². The van der Waals surface area contributed by atoms with E-state index in [1.54, 1.807) is 0 Å². The van der Waals surface area contributed by atoms with Crippen LogP contribution < -0.4 is 0 Å². The van der Waals surface area contributed by atoms with Crippen LogP contribution >= 0.6 is 11.6 Å². The van der Waals surface area contributed by atoms with E-state index in [2.05, 4.69) is 32.0 Å². The van der Waals surface area contributed by atoms with Gasteiger partial charge in [0.05, 0.1) is 0 Å². The summed E-state index contributed by atoms with van der Waals surface area (Å²) >= 11 is 6.36. The molecule has 1 fully saturated rings. The van der Waals surface area contributed by atoms with Gasteiger partial charge in [-0.1, -0.05) is 44.0 Å². The van der Waals surface area contributed by atoms with E-state index in [-0.39, 0.29) is 0 Å². The number of rotatable bonds is 3. The second-order valence-corrected chi connectivity index (χ2v) is 5.74. The highest BCUT2D eigenvalue weighted by atomic mass is 35.5. The van der Waals surface area contributed by atoms with Gasteiger partial charge in [-0.2, -0.15) is 0 Å². The standard InChI is InChI=1S/C16H23Cl/c1-3-12-5-8-14(9-6-12)15-11-13(4-2)7-10-16(15)17/h7,10-12,14H,3-6,8-9H2,1-2H3. The summed E-state index contributed by atoms with van der Waals surface area (Å²) in [6.45, 7) is 4.52. The van der Waals surface area contributed by atoms with E-state index in [0.29, 0.717) is 5.92 Å². The fourth-order valence-corrected chi connectivity index (χ4v) is 3.28. The Morgan fingerprint density at radius 1 is 1.12 bits per heavy atom. The molecule has 94 valence electrons. The molecule has 17 heavy (non-hydrogen) atoms. The van der Waals surface area contributed by atoms with E-state index in [0.717, 1.165) is 17.4 Å². The van der Waals surface area contributed by atoms with Crippen molar-refractivity contribution in [2.45, 2.75) is 58.3 Å². The number of aryl methyl sites for hydroxylation is 1. The fraction of sp³-hybridized carbons (Fsp3) is 0.625. The lowest BCUT2D eigenvalue weighted by Gasteiger charge is -2.28. The summed E-state index contributed by atoms with van der Waals surface area (Å²) in [7, 11) is 0. The Kier molecular flexibility index (Phi) is 4.50. The van der Waals surface area contributed by atoms with Crippen LogP contribution in [0.25, 0.3) is 0 Å². The Bertz CT molecular complexity index is 362. The molecule has 0 amide bonds. The lowest BCUT2D eigenvalue weighted by molar-refractivity contribution is 0.319. The van der Waals surface area contributed by atoms with Crippen molar-refractivity contribution >= 4 is 11.6 Å². The zero-order valence-electron chi connectivity index (χ0n) is 11.0. The van der Waals surface area contributed by atoms with Gasteiger partial charge in [0.25, 0.3) is 0 Å². The molecule has 0 nitrogen and oxygen atoms in total. The highest BCUT2D eigenvalue weighted by Gasteiger charge is 2.22. The number of hydrogen-bond donors (Lipinski definition) is 0. The molecule has 1 aromatic rings. The average molecular weight is 251 g/mol. The number of halogens is 1. The normalized spacial score (nSPS) is 24.9. The molecule has 1 heteroatoms. The van der Waals surface area contributed by atoms with Gasteiger partial charge in [-0.3, -0.25) is 0 Å². The quantitative estimate of drug-likeness (QED) is 0.656. The van der Waals surface area contributed by atoms with Gasteiger partial charge in [0.1, 0.15) is 0 Å². The van der Waals surface area contributed by atoms with Gasteiger partial charge in [-0.25, -0.2) is 0 Å². The molecule has 2 rings (SSSR count). The minimum Gasteiger partial charge on any atom is -0.0840 e. The number of hydrogen-bond acceptors (Lipinski definition) is 0. The largest absolute Gasteiger partial charge is 0.0840 e. The van der Waals surface area contributed by atoms with Crippen LogP contribution in [-0.4, -0.2) is 0 Å². The van der Waals surface area contributed by atoms with Gasteiger partial charge in [0, 0.05) is 5.02 Å². The van der Waals surface area contributed by atoms with Crippen LogP contribution in [-0.2, 0) is 6.42 Å². The minimum atomic E-state index is 0.705. The molecule has 0 radical (unpaired) electrons. The highest BCUT2D eigenvalue weighted by Crippen LogP contribution is 2.39. The fourth-order valence-electron chi connectivity index (χ4n) is 3.01. The molecule has 1 aromatic carbocycles. The van der Waals surface area contributed by atoms with E-state index < -0.39 is 0 Å². The van der Waals surface area contributed by atoms with Crippen LogP contribution in [0.15, 0.2) is 18.2 Å². The molecule has 0 unspecified atom stereocenters. The van der Waals surface area contributed by atoms with Crippen LogP contribution in [0.2, 0.25) is 5.02 Å². The first-order valence-electron chi connectivity index (χ1n) is 7.02.